The number of carbonyl (C=O) groups is 1. The first kappa shape index (κ1) is 12.3. The van der Waals surface area contributed by atoms with Crippen molar-refractivity contribution in [3.05, 3.63) is 47.0 Å². The van der Waals surface area contributed by atoms with E-state index in [2.05, 4.69) is 20.5 Å². The molecule has 6 nitrogen and oxygen atoms in total. The highest BCUT2D eigenvalue weighted by Gasteiger charge is 2.07. The summed E-state index contributed by atoms with van der Waals surface area (Å²) in [6, 6.07) is 3.36. The van der Waals surface area contributed by atoms with Crippen LogP contribution in [0.5, 0.6) is 0 Å². The van der Waals surface area contributed by atoms with E-state index in [9.17, 15) is 4.79 Å². The monoisotopic (exact) mass is 245 g/mol. The number of hydrogen-bond donors (Lipinski definition) is 3. The van der Waals surface area contributed by atoms with Gasteiger partial charge in [-0.15, -0.1) is 0 Å². The van der Waals surface area contributed by atoms with Crippen molar-refractivity contribution in [2.75, 3.05) is 0 Å². The van der Waals surface area contributed by atoms with Gasteiger partial charge in [0.15, 0.2) is 0 Å². The van der Waals surface area contributed by atoms with Crippen molar-refractivity contribution in [1.82, 2.24) is 20.5 Å². The van der Waals surface area contributed by atoms with E-state index in [-0.39, 0.29) is 5.91 Å². The summed E-state index contributed by atoms with van der Waals surface area (Å²) in [5.74, 6) is -0.146. The van der Waals surface area contributed by atoms with Crippen LogP contribution in [-0.2, 0) is 13.1 Å². The van der Waals surface area contributed by atoms with E-state index in [1.807, 2.05) is 6.92 Å². The predicted molar refractivity (Wildman–Crippen MR) is 66.6 cm³/mol. The van der Waals surface area contributed by atoms with Crippen LogP contribution in [0.15, 0.2) is 24.5 Å². The average molecular weight is 245 g/mol. The Bertz CT molecular complexity index is 549. The molecule has 0 radical (unpaired) electrons. The van der Waals surface area contributed by atoms with E-state index in [4.69, 9.17) is 5.73 Å². The number of H-pyrrole nitrogens is 1. The Morgan fingerprint density at radius 1 is 1.56 bits per heavy atom. The van der Waals surface area contributed by atoms with Crippen LogP contribution in [0.3, 0.4) is 0 Å². The van der Waals surface area contributed by atoms with E-state index < -0.39 is 0 Å². The van der Waals surface area contributed by atoms with E-state index >= 15 is 0 Å². The normalized spacial score (nSPS) is 10.3. The van der Waals surface area contributed by atoms with E-state index in [1.54, 1.807) is 24.5 Å². The molecular formula is C12H15N5O. The number of amides is 1. The smallest absolute Gasteiger partial charge is 0.251 e. The van der Waals surface area contributed by atoms with Crippen molar-refractivity contribution in [1.29, 1.82) is 0 Å². The second kappa shape index (κ2) is 5.42. The third-order valence-corrected chi connectivity index (χ3v) is 2.66. The summed E-state index contributed by atoms with van der Waals surface area (Å²) in [6.45, 7) is 2.68. The summed E-state index contributed by atoms with van der Waals surface area (Å²) in [5, 5.41) is 9.55. The van der Waals surface area contributed by atoms with Gasteiger partial charge in [0.1, 0.15) is 0 Å². The van der Waals surface area contributed by atoms with Gasteiger partial charge in [0, 0.05) is 36.1 Å². The first-order valence-corrected chi connectivity index (χ1v) is 5.62. The third kappa shape index (κ3) is 2.72. The maximum atomic E-state index is 11.9. The van der Waals surface area contributed by atoms with Crippen LogP contribution in [0.4, 0.5) is 0 Å². The second-order valence-corrected chi connectivity index (χ2v) is 3.94. The van der Waals surface area contributed by atoms with Crippen LogP contribution in [-0.4, -0.2) is 21.1 Å². The van der Waals surface area contributed by atoms with Gasteiger partial charge in [-0.2, -0.15) is 5.10 Å². The SMILES string of the molecule is Cc1[nH]ncc1CNC(=O)c1ccnc(CN)c1. The first-order valence-electron chi connectivity index (χ1n) is 5.62. The first-order chi connectivity index (χ1) is 8.70. The number of pyridine rings is 1. The number of aromatic nitrogens is 3. The standard InChI is InChI=1S/C12H15N5O/c1-8-10(7-16-17-8)6-15-12(18)9-2-3-14-11(4-9)5-13/h2-4,7H,5-6,13H2,1H3,(H,15,18)(H,16,17). The quantitative estimate of drug-likeness (QED) is 0.730. The lowest BCUT2D eigenvalue weighted by Gasteiger charge is -2.05. The maximum absolute atomic E-state index is 11.9. The molecule has 0 spiro atoms. The lowest BCUT2D eigenvalue weighted by atomic mass is 10.2. The van der Waals surface area contributed by atoms with Gasteiger partial charge in [-0.25, -0.2) is 0 Å². The van der Waals surface area contributed by atoms with Gasteiger partial charge in [-0.3, -0.25) is 14.9 Å². The fourth-order valence-corrected chi connectivity index (χ4v) is 1.56. The topological polar surface area (TPSA) is 96.7 Å². The van der Waals surface area contributed by atoms with E-state index in [1.165, 1.54) is 0 Å². The minimum absolute atomic E-state index is 0.146. The number of rotatable bonds is 4. The molecule has 2 rings (SSSR count). The number of aryl methyl sites for hydroxylation is 1. The summed E-state index contributed by atoms with van der Waals surface area (Å²) in [7, 11) is 0. The Kier molecular flexibility index (Phi) is 3.69. The molecule has 0 fully saturated rings. The third-order valence-electron chi connectivity index (χ3n) is 2.66. The van der Waals surface area contributed by atoms with Gasteiger partial charge in [-0.1, -0.05) is 0 Å². The predicted octanol–water partition coefficient (Wildman–Crippen LogP) is 0.502. The Morgan fingerprint density at radius 2 is 2.39 bits per heavy atom. The molecule has 18 heavy (non-hydrogen) atoms. The largest absolute Gasteiger partial charge is 0.348 e. The van der Waals surface area contributed by atoms with Gasteiger partial charge in [-0.05, 0) is 19.1 Å². The molecule has 0 aliphatic heterocycles. The van der Waals surface area contributed by atoms with Crippen LogP contribution in [0, 0.1) is 6.92 Å². The minimum Gasteiger partial charge on any atom is -0.348 e. The molecule has 0 saturated carbocycles. The highest BCUT2D eigenvalue weighted by molar-refractivity contribution is 5.94. The van der Waals surface area contributed by atoms with Crippen molar-refractivity contribution in [3.63, 3.8) is 0 Å². The molecule has 1 amide bonds. The molecule has 0 aromatic carbocycles. The van der Waals surface area contributed by atoms with Gasteiger partial charge < -0.3 is 11.1 Å². The van der Waals surface area contributed by atoms with Crippen LogP contribution >= 0.6 is 0 Å². The molecule has 94 valence electrons. The molecule has 0 aliphatic rings. The van der Waals surface area contributed by atoms with Crippen molar-refractivity contribution in [3.8, 4) is 0 Å². The number of hydrogen-bond acceptors (Lipinski definition) is 4. The maximum Gasteiger partial charge on any atom is 0.251 e. The summed E-state index contributed by atoms with van der Waals surface area (Å²) < 4.78 is 0. The molecule has 4 N–H and O–H groups in total. The molecule has 2 aromatic heterocycles. The minimum atomic E-state index is -0.146. The Balaban J connectivity index is 2.01. The van der Waals surface area contributed by atoms with Crippen molar-refractivity contribution >= 4 is 5.91 Å². The van der Waals surface area contributed by atoms with Gasteiger partial charge in [0.25, 0.3) is 5.91 Å². The molecule has 6 heteroatoms. The molecule has 0 unspecified atom stereocenters. The highest BCUT2D eigenvalue weighted by atomic mass is 16.1. The average Bonchev–Trinajstić information content (AvgIpc) is 2.81. The molecule has 2 heterocycles. The fourth-order valence-electron chi connectivity index (χ4n) is 1.56. The van der Waals surface area contributed by atoms with Gasteiger partial charge >= 0.3 is 0 Å². The zero-order valence-electron chi connectivity index (χ0n) is 10.1. The molecule has 0 aliphatic carbocycles. The Hall–Kier alpha value is -2.21. The van der Waals surface area contributed by atoms with Crippen molar-refractivity contribution in [2.45, 2.75) is 20.0 Å². The molecule has 0 atom stereocenters. The highest BCUT2D eigenvalue weighted by Crippen LogP contribution is 2.04. The summed E-state index contributed by atoms with van der Waals surface area (Å²) in [4.78, 5) is 16.0. The lowest BCUT2D eigenvalue weighted by Crippen LogP contribution is -2.23. The molecule has 0 bridgehead atoms. The zero-order chi connectivity index (χ0) is 13.0. The lowest BCUT2D eigenvalue weighted by molar-refractivity contribution is 0.0950. The number of nitrogens with zero attached hydrogens (tertiary/aromatic N) is 2. The second-order valence-electron chi connectivity index (χ2n) is 3.94. The van der Waals surface area contributed by atoms with Crippen LogP contribution in [0.1, 0.15) is 27.3 Å². The number of nitrogens with two attached hydrogens (primary N) is 1. The van der Waals surface area contributed by atoms with Crippen molar-refractivity contribution in [2.24, 2.45) is 5.73 Å². The van der Waals surface area contributed by atoms with Crippen molar-refractivity contribution < 1.29 is 4.79 Å². The Labute approximate surface area is 105 Å². The van der Waals surface area contributed by atoms with E-state index in [0.29, 0.717) is 24.3 Å². The molecule has 0 saturated heterocycles. The Morgan fingerprint density at radius 3 is 3.06 bits per heavy atom. The number of carbonyl (C=O) groups excluding carboxylic acids is 1. The summed E-state index contributed by atoms with van der Waals surface area (Å²) in [6.07, 6.45) is 3.29. The zero-order valence-corrected chi connectivity index (χ0v) is 10.1. The van der Waals surface area contributed by atoms with Gasteiger partial charge in [0.2, 0.25) is 0 Å². The molecular weight excluding hydrogens is 230 g/mol. The number of nitrogens with one attached hydrogen (secondary N) is 2. The summed E-state index contributed by atoms with van der Waals surface area (Å²) >= 11 is 0. The molecule has 2 aromatic rings. The van der Waals surface area contributed by atoms with Crippen LogP contribution in [0.2, 0.25) is 0 Å². The van der Waals surface area contributed by atoms with Crippen LogP contribution in [0.25, 0.3) is 0 Å². The number of aromatic amines is 1. The van der Waals surface area contributed by atoms with Gasteiger partial charge in [0.05, 0.1) is 11.9 Å². The summed E-state index contributed by atoms with van der Waals surface area (Å²) in [5.41, 5.74) is 8.66. The van der Waals surface area contributed by atoms with E-state index in [0.717, 1.165) is 11.3 Å². The fraction of sp³-hybridized carbons (Fsp3) is 0.250. The van der Waals surface area contributed by atoms with Crippen LogP contribution < -0.4 is 11.1 Å².